The van der Waals surface area contributed by atoms with Crippen LogP contribution in [-0.4, -0.2) is 46.0 Å². The van der Waals surface area contributed by atoms with Crippen molar-refractivity contribution in [2.75, 3.05) is 13.1 Å². The van der Waals surface area contributed by atoms with Gasteiger partial charge in [-0.3, -0.25) is 19.3 Å². The lowest BCUT2D eigenvalue weighted by Gasteiger charge is -2.12. The normalized spacial score (nSPS) is 11.4. The zero-order valence-electron chi connectivity index (χ0n) is 17.5. The molecule has 2 N–H and O–H groups in total. The maximum atomic E-state index is 12.4. The lowest BCUT2D eigenvalue weighted by atomic mass is 10.1. The summed E-state index contributed by atoms with van der Waals surface area (Å²) in [6, 6.07) is 6.15. The molecule has 0 aliphatic rings. The molecule has 0 bridgehead atoms. The van der Waals surface area contributed by atoms with Crippen LogP contribution in [0.5, 0.6) is 5.75 Å². The van der Waals surface area contributed by atoms with Gasteiger partial charge < -0.3 is 15.4 Å². The average molecular weight is 449 g/mol. The molecular weight excluding hydrogens is 427 g/mol. The lowest BCUT2D eigenvalue weighted by Crippen LogP contribution is -2.34. The van der Waals surface area contributed by atoms with Crippen molar-refractivity contribution in [2.45, 2.75) is 33.2 Å². The molecule has 8 nitrogen and oxygen atoms in total. The van der Waals surface area contributed by atoms with Gasteiger partial charge in [0.2, 0.25) is 11.8 Å². The maximum Gasteiger partial charge on any atom is 0.573 e. The molecule has 170 valence electrons. The molecule has 0 aliphatic carbocycles. The number of benzene rings is 1. The first-order valence-corrected chi connectivity index (χ1v) is 9.78. The molecule has 0 aliphatic heterocycles. The summed E-state index contributed by atoms with van der Waals surface area (Å²) >= 11 is 0. The van der Waals surface area contributed by atoms with Crippen molar-refractivity contribution in [3.05, 3.63) is 53.5 Å². The van der Waals surface area contributed by atoms with Crippen LogP contribution in [0.4, 0.5) is 13.2 Å². The number of halogens is 3. The van der Waals surface area contributed by atoms with Crippen LogP contribution in [0.15, 0.2) is 36.7 Å². The molecule has 11 heteroatoms. The van der Waals surface area contributed by atoms with Crippen LogP contribution in [0.25, 0.3) is 10.9 Å². The van der Waals surface area contributed by atoms with Gasteiger partial charge in [-0.2, -0.15) is 5.10 Å². The molecular formula is C21H22F3N5O3. The molecule has 3 aromatic rings. The van der Waals surface area contributed by atoms with Gasteiger partial charge in [0.15, 0.2) is 0 Å². The first kappa shape index (κ1) is 23.0. The third-order valence-corrected chi connectivity index (χ3v) is 4.52. The number of alkyl halides is 3. The van der Waals surface area contributed by atoms with Crippen molar-refractivity contribution in [3.8, 4) is 5.75 Å². The lowest BCUT2D eigenvalue weighted by molar-refractivity contribution is -0.274. The van der Waals surface area contributed by atoms with Crippen LogP contribution in [0, 0.1) is 6.92 Å². The Morgan fingerprint density at radius 2 is 1.91 bits per heavy atom. The molecule has 0 saturated heterocycles. The van der Waals surface area contributed by atoms with Crippen molar-refractivity contribution in [2.24, 2.45) is 0 Å². The quantitative estimate of drug-likeness (QED) is 0.515. The molecule has 0 atom stereocenters. The number of hydrogen-bond donors (Lipinski definition) is 2. The van der Waals surface area contributed by atoms with Crippen LogP contribution in [-0.2, 0) is 22.6 Å². The van der Waals surface area contributed by atoms with Crippen LogP contribution in [0.3, 0.4) is 0 Å². The number of rotatable bonds is 8. The first-order chi connectivity index (χ1) is 15.1. The smallest absolute Gasteiger partial charge is 0.406 e. The minimum absolute atomic E-state index is 0.0473. The molecule has 32 heavy (non-hydrogen) atoms. The monoisotopic (exact) mass is 449 g/mol. The Bertz CT molecular complexity index is 1130. The zero-order chi connectivity index (χ0) is 23.3. The fourth-order valence-corrected chi connectivity index (χ4v) is 3.16. The number of pyridine rings is 1. The SMILES string of the molecule is CC(=O)NCCNC(=O)Cc1nccc2nn(Cc3ccc(OC(F)(F)F)c(C)c3)cc12. The summed E-state index contributed by atoms with van der Waals surface area (Å²) in [6.07, 6.45) is -1.39. The van der Waals surface area contributed by atoms with Crippen molar-refractivity contribution in [1.29, 1.82) is 0 Å². The minimum Gasteiger partial charge on any atom is -0.406 e. The molecule has 2 heterocycles. The van der Waals surface area contributed by atoms with E-state index in [9.17, 15) is 22.8 Å². The first-order valence-electron chi connectivity index (χ1n) is 9.78. The van der Waals surface area contributed by atoms with E-state index < -0.39 is 6.36 Å². The van der Waals surface area contributed by atoms with Crippen molar-refractivity contribution >= 4 is 22.7 Å². The van der Waals surface area contributed by atoms with E-state index in [0.717, 1.165) is 5.56 Å². The van der Waals surface area contributed by atoms with E-state index in [1.807, 2.05) is 0 Å². The summed E-state index contributed by atoms with van der Waals surface area (Å²) in [5, 5.41) is 10.5. The molecule has 0 unspecified atom stereocenters. The predicted molar refractivity (Wildman–Crippen MR) is 110 cm³/mol. The Labute approximate surface area is 181 Å². The molecule has 0 fully saturated rings. The van der Waals surface area contributed by atoms with Gasteiger partial charge in [-0.25, -0.2) is 0 Å². The number of nitrogens with one attached hydrogen (secondary N) is 2. The van der Waals surface area contributed by atoms with Gasteiger partial charge in [-0.1, -0.05) is 12.1 Å². The highest BCUT2D eigenvalue weighted by Gasteiger charge is 2.31. The maximum absolute atomic E-state index is 12.4. The summed E-state index contributed by atoms with van der Waals surface area (Å²) in [5.41, 5.74) is 2.30. The highest BCUT2D eigenvalue weighted by atomic mass is 19.4. The van der Waals surface area contributed by atoms with E-state index in [1.54, 1.807) is 35.3 Å². The molecule has 1 aromatic carbocycles. The zero-order valence-corrected chi connectivity index (χ0v) is 17.5. The molecule has 3 rings (SSSR count). The van der Waals surface area contributed by atoms with Gasteiger partial charge in [0.1, 0.15) is 5.75 Å². The highest BCUT2D eigenvalue weighted by Crippen LogP contribution is 2.27. The van der Waals surface area contributed by atoms with Crippen molar-refractivity contribution in [3.63, 3.8) is 0 Å². The molecule has 0 radical (unpaired) electrons. The number of hydrogen-bond acceptors (Lipinski definition) is 5. The number of carbonyl (C=O) groups is 2. The van der Waals surface area contributed by atoms with Gasteiger partial charge in [0.25, 0.3) is 0 Å². The Balaban J connectivity index is 1.69. The van der Waals surface area contributed by atoms with Crippen LogP contribution < -0.4 is 15.4 Å². The number of ether oxygens (including phenoxy) is 1. The van der Waals surface area contributed by atoms with E-state index in [2.05, 4.69) is 25.5 Å². The van der Waals surface area contributed by atoms with Gasteiger partial charge in [0.05, 0.1) is 24.2 Å². The number of aromatic nitrogens is 3. The summed E-state index contributed by atoms with van der Waals surface area (Å²) < 4.78 is 43.0. The third-order valence-electron chi connectivity index (χ3n) is 4.52. The van der Waals surface area contributed by atoms with E-state index in [-0.39, 0.29) is 24.0 Å². The van der Waals surface area contributed by atoms with Crippen molar-refractivity contribution in [1.82, 2.24) is 25.4 Å². The van der Waals surface area contributed by atoms with E-state index in [4.69, 9.17) is 0 Å². The van der Waals surface area contributed by atoms with Gasteiger partial charge in [-0.15, -0.1) is 13.2 Å². The Hall–Kier alpha value is -3.63. The Morgan fingerprint density at radius 1 is 1.16 bits per heavy atom. The summed E-state index contributed by atoms with van der Waals surface area (Å²) in [4.78, 5) is 27.3. The van der Waals surface area contributed by atoms with Crippen LogP contribution >= 0.6 is 0 Å². The van der Waals surface area contributed by atoms with Crippen LogP contribution in [0.2, 0.25) is 0 Å². The van der Waals surface area contributed by atoms with E-state index in [0.29, 0.717) is 41.8 Å². The van der Waals surface area contributed by atoms with Crippen LogP contribution in [0.1, 0.15) is 23.7 Å². The predicted octanol–water partition coefficient (Wildman–Crippen LogP) is 2.48. The third kappa shape index (κ3) is 6.43. The second-order valence-corrected chi connectivity index (χ2v) is 7.17. The average Bonchev–Trinajstić information content (AvgIpc) is 3.10. The number of nitrogens with zero attached hydrogens (tertiary/aromatic N) is 3. The molecule has 2 amide bonds. The number of carbonyl (C=O) groups excluding carboxylic acids is 2. The second-order valence-electron chi connectivity index (χ2n) is 7.17. The fraction of sp³-hybridized carbons (Fsp3) is 0.333. The van der Waals surface area contributed by atoms with Gasteiger partial charge in [-0.05, 0) is 30.2 Å². The van der Waals surface area contributed by atoms with E-state index in [1.165, 1.54) is 19.9 Å². The van der Waals surface area contributed by atoms with Gasteiger partial charge >= 0.3 is 6.36 Å². The Kier molecular flexibility index (Phi) is 6.96. The molecule has 0 spiro atoms. The number of amides is 2. The minimum atomic E-state index is -4.74. The van der Waals surface area contributed by atoms with E-state index >= 15 is 0 Å². The fourth-order valence-electron chi connectivity index (χ4n) is 3.16. The molecule has 2 aromatic heterocycles. The standard InChI is InChI=1S/C21H22F3N5O3/c1-13-9-15(3-4-19(13)32-21(22,23)24)11-29-12-16-17(28-29)5-6-26-18(16)10-20(31)27-8-7-25-14(2)30/h3-6,9,12H,7-8,10-11H2,1-2H3,(H,25,30)(H,27,31). The van der Waals surface area contributed by atoms with Crippen molar-refractivity contribution < 1.29 is 27.5 Å². The summed E-state index contributed by atoms with van der Waals surface area (Å²) in [7, 11) is 0. The topological polar surface area (TPSA) is 98.1 Å². The number of aryl methyl sites for hydroxylation is 1. The summed E-state index contributed by atoms with van der Waals surface area (Å²) in [5.74, 6) is -0.655. The largest absolute Gasteiger partial charge is 0.573 e. The number of fused-ring (bicyclic) bond motifs is 1. The molecule has 0 saturated carbocycles. The second kappa shape index (κ2) is 9.67. The Morgan fingerprint density at radius 3 is 2.59 bits per heavy atom. The van der Waals surface area contributed by atoms with Gasteiger partial charge in [0, 0.05) is 37.8 Å². The highest BCUT2D eigenvalue weighted by molar-refractivity contribution is 5.86. The summed E-state index contributed by atoms with van der Waals surface area (Å²) in [6.45, 7) is 3.90.